The number of anilines is 1. The van der Waals surface area contributed by atoms with Crippen LogP contribution in [0.2, 0.25) is 10.1 Å². The van der Waals surface area contributed by atoms with Crippen molar-refractivity contribution in [2.24, 2.45) is 5.73 Å². The van der Waals surface area contributed by atoms with Gasteiger partial charge in [-0.2, -0.15) is 0 Å². The van der Waals surface area contributed by atoms with Gasteiger partial charge in [-0.3, -0.25) is 9.78 Å². The lowest BCUT2D eigenvalue weighted by Gasteiger charge is -2.45. The second kappa shape index (κ2) is 10.3. The minimum absolute atomic E-state index is 0.296. The Kier molecular flexibility index (Phi) is 7.82. The van der Waals surface area contributed by atoms with E-state index in [-0.39, 0.29) is 0 Å². The number of nitrogens with one attached hydrogen (secondary N) is 1. The largest absolute Gasteiger partial charge is 0.497 e. The van der Waals surface area contributed by atoms with Gasteiger partial charge in [-0.15, -0.1) is 5.10 Å². The molecule has 0 saturated carbocycles. The molecule has 3 aromatic heterocycles. The van der Waals surface area contributed by atoms with Gasteiger partial charge in [0.1, 0.15) is 23.3 Å². The summed E-state index contributed by atoms with van der Waals surface area (Å²) in [5.41, 5.74) is 7.08. The van der Waals surface area contributed by atoms with Gasteiger partial charge in [-0.25, -0.2) is 9.67 Å². The zero-order chi connectivity index (χ0) is 26.7. The van der Waals surface area contributed by atoms with Crippen LogP contribution in [0.5, 0.6) is 5.75 Å². The molecule has 1 atom stereocenters. The number of ether oxygens (including phenoxy) is 1. The van der Waals surface area contributed by atoms with Gasteiger partial charge in [0.15, 0.2) is 0 Å². The van der Waals surface area contributed by atoms with Crippen molar-refractivity contribution >= 4 is 25.3 Å². The van der Waals surface area contributed by atoms with E-state index in [4.69, 9.17) is 10.5 Å². The lowest BCUT2D eigenvalue weighted by molar-refractivity contribution is -0.121. The van der Waals surface area contributed by atoms with E-state index in [9.17, 15) is 4.79 Å². The molecule has 1 amide bonds. The smallest absolute Gasteiger partial charge is 0.293 e. The molecule has 11 heteroatoms. The van der Waals surface area contributed by atoms with Crippen LogP contribution in [0, 0.1) is 0 Å². The number of amides is 1. The van der Waals surface area contributed by atoms with E-state index >= 15 is 4.11 Å². The molecular weight excluding hydrogens is 477 g/mol. The number of aromatic nitrogens is 5. The monoisotopic (exact) mass is 513 g/mol. The molecule has 9 nitrogen and oxygen atoms in total. The molecule has 3 rings (SSSR count). The van der Waals surface area contributed by atoms with Crippen LogP contribution in [-0.4, -0.2) is 46.4 Å². The Morgan fingerprint density at radius 3 is 2.47 bits per heavy atom. The average Bonchev–Trinajstić information content (AvgIpc) is 3.28. The Balaban J connectivity index is 1.79. The van der Waals surface area contributed by atoms with Crippen LogP contribution in [0.1, 0.15) is 58.8 Å². The van der Waals surface area contributed by atoms with Crippen molar-refractivity contribution in [1.29, 1.82) is 0 Å². The van der Waals surface area contributed by atoms with Crippen molar-refractivity contribution < 1.29 is 13.6 Å². The molecule has 0 radical (unpaired) electrons. The number of nitrogens with two attached hydrogens (primary N) is 1. The third kappa shape index (κ3) is 5.56. The molecule has 36 heavy (non-hydrogen) atoms. The zero-order valence-corrected chi connectivity index (χ0v) is 23.0. The van der Waals surface area contributed by atoms with E-state index in [1.165, 1.54) is 4.68 Å². The van der Waals surface area contributed by atoms with Crippen LogP contribution in [-0.2, 0) is 17.8 Å². The van der Waals surface area contributed by atoms with Gasteiger partial charge < -0.3 is 19.9 Å². The quantitative estimate of drug-likeness (QED) is 0.331. The van der Waals surface area contributed by atoms with E-state index in [0.717, 1.165) is 5.56 Å². The summed E-state index contributed by atoms with van der Waals surface area (Å²) in [4.78, 5) is 20.6. The van der Waals surface area contributed by atoms with Crippen LogP contribution < -0.4 is 21.0 Å². The first kappa shape index (κ1) is 27.2. The Morgan fingerprint density at radius 2 is 1.92 bits per heavy atom. The van der Waals surface area contributed by atoms with E-state index in [1.807, 2.05) is 47.6 Å². The number of rotatable bonds is 9. The molecular formula is C25H36FN7O2Si. The highest BCUT2D eigenvalue weighted by Gasteiger charge is 2.58. The molecule has 0 aliphatic carbocycles. The highest BCUT2D eigenvalue weighted by molar-refractivity contribution is 6.91. The molecule has 0 spiro atoms. The summed E-state index contributed by atoms with van der Waals surface area (Å²) in [6.07, 6.45) is 6.98. The van der Waals surface area contributed by atoms with Gasteiger partial charge >= 0.3 is 0 Å². The topological polar surface area (TPSA) is 121 Å². The average molecular weight is 514 g/mol. The number of nitrogens with zero attached hydrogens (tertiary/aromatic N) is 5. The lowest BCUT2D eigenvalue weighted by Crippen LogP contribution is -2.58. The SMILES string of the molecule is COc1cc(NCc2cn(C(Cc3cccnc3)C(N)=O)nn2)ncc1[Si](F)(C(C)(C)C)C(C)(C)C. The lowest BCUT2D eigenvalue weighted by atomic mass is 10.1. The van der Waals surface area contributed by atoms with Crippen molar-refractivity contribution in [1.82, 2.24) is 25.0 Å². The number of hydrogen-bond acceptors (Lipinski definition) is 7. The predicted octanol–water partition coefficient (Wildman–Crippen LogP) is 3.68. The molecule has 0 saturated heterocycles. The van der Waals surface area contributed by atoms with Gasteiger partial charge in [0.2, 0.25) is 5.91 Å². The molecule has 0 aromatic carbocycles. The van der Waals surface area contributed by atoms with E-state index in [2.05, 4.69) is 25.6 Å². The third-order valence-corrected chi connectivity index (χ3v) is 11.6. The van der Waals surface area contributed by atoms with Crippen molar-refractivity contribution in [3.05, 3.63) is 54.2 Å². The molecule has 3 aromatic rings. The van der Waals surface area contributed by atoms with Crippen molar-refractivity contribution in [2.75, 3.05) is 12.4 Å². The molecule has 0 fully saturated rings. The van der Waals surface area contributed by atoms with Crippen molar-refractivity contribution in [2.45, 2.75) is 70.6 Å². The number of hydrogen-bond donors (Lipinski definition) is 2. The van der Waals surface area contributed by atoms with Crippen LogP contribution >= 0.6 is 0 Å². The molecule has 0 bridgehead atoms. The first-order valence-electron chi connectivity index (χ1n) is 11.8. The van der Waals surface area contributed by atoms with E-state index in [1.54, 1.807) is 44.0 Å². The Morgan fingerprint density at radius 1 is 1.22 bits per heavy atom. The van der Waals surface area contributed by atoms with Gasteiger partial charge in [0.25, 0.3) is 8.41 Å². The number of primary amides is 1. The predicted molar refractivity (Wildman–Crippen MR) is 140 cm³/mol. The van der Waals surface area contributed by atoms with Gasteiger partial charge in [0, 0.05) is 36.3 Å². The van der Waals surface area contributed by atoms with E-state index < -0.39 is 30.4 Å². The summed E-state index contributed by atoms with van der Waals surface area (Å²) in [7, 11) is -2.00. The zero-order valence-electron chi connectivity index (χ0n) is 22.0. The molecule has 3 heterocycles. The van der Waals surface area contributed by atoms with Crippen LogP contribution in [0.3, 0.4) is 0 Å². The Bertz CT molecular complexity index is 1180. The maximum atomic E-state index is 16.8. The maximum Gasteiger partial charge on any atom is 0.293 e. The van der Waals surface area contributed by atoms with Gasteiger partial charge in [-0.1, -0.05) is 52.8 Å². The minimum Gasteiger partial charge on any atom is -0.497 e. The standard InChI is InChI=1S/C25H36FN7O2Si/c1-24(2,3)36(26,25(4,5)6)21-15-30-22(12-20(21)35-7)29-14-18-16-33(32-31-18)19(23(27)34)11-17-9-8-10-28-13-17/h8-10,12-13,15-16,19H,11,14H2,1-7H3,(H2,27,34)(H,29,30). The Labute approximate surface area is 212 Å². The second-order valence-electron chi connectivity index (χ2n) is 11.0. The molecule has 0 aliphatic rings. The number of carbonyl (C=O) groups excluding carboxylic acids is 1. The van der Waals surface area contributed by atoms with Crippen LogP contribution in [0.4, 0.5) is 9.93 Å². The number of carbonyl (C=O) groups is 1. The van der Waals surface area contributed by atoms with Crippen LogP contribution in [0.25, 0.3) is 0 Å². The van der Waals surface area contributed by atoms with Crippen molar-refractivity contribution in [3.63, 3.8) is 0 Å². The first-order chi connectivity index (χ1) is 16.8. The highest BCUT2D eigenvalue weighted by atomic mass is 28.4. The normalized spacial score (nSPS) is 13.3. The second-order valence-corrected chi connectivity index (χ2v) is 15.8. The van der Waals surface area contributed by atoms with Gasteiger partial charge in [-0.05, 0) is 21.7 Å². The third-order valence-electron chi connectivity index (χ3n) is 6.33. The summed E-state index contributed by atoms with van der Waals surface area (Å²) >= 11 is 0. The summed E-state index contributed by atoms with van der Waals surface area (Å²) in [6.45, 7) is 11.9. The summed E-state index contributed by atoms with van der Waals surface area (Å²) in [6, 6.07) is 4.70. The fraction of sp³-hybridized carbons (Fsp3) is 0.480. The summed E-state index contributed by atoms with van der Waals surface area (Å²) in [5.74, 6) is 0.480. The first-order valence-corrected chi connectivity index (χ1v) is 13.7. The molecule has 0 aliphatic heterocycles. The van der Waals surface area contributed by atoms with Crippen molar-refractivity contribution in [3.8, 4) is 5.75 Å². The molecule has 194 valence electrons. The van der Waals surface area contributed by atoms with Gasteiger partial charge in [0.05, 0.1) is 19.9 Å². The van der Waals surface area contributed by atoms with Crippen LogP contribution in [0.15, 0.2) is 43.0 Å². The Hall–Kier alpha value is -3.34. The fourth-order valence-corrected chi connectivity index (χ4v) is 9.31. The number of pyridine rings is 2. The minimum atomic E-state index is -3.55. The number of methoxy groups -OCH3 is 1. The summed E-state index contributed by atoms with van der Waals surface area (Å²) < 4.78 is 23.9. The molecule has 1 unspecified atom stereocenters. The summed E-state index contributed by atoms with van der Waals surface area (Å²) in [5, 5.41) is 10.9. The van der Waals surface area contributed by atoms with E-state index in [0.29, 0.717) is 35.4 Å². The highest BCUT2D eigenvalue weighted by Crippen LogP contribution is 2.52. The molecule has 3 N–H and O–H groups in total. The maximum absolute atomic E-state index is 16.8. The number of halogens is 1. The fourth-order valence-electron chi connectivity index (χ4n) is 4.69.